The summed E-state index contributed by atoms with van der Waals surface area (Å²) in [5.74, 6) is -0.881. The number of carbonyl (C=O) groups is 3. The van der Waals surface area contributed by atoms with Crippen LogP contribution in [-0.2, 0) is 19.1 Å². The van der Waals surface area contributed by atoms with Crippen LogP contribution in [0.15, 0.2) is 12.2 Å². The summed E-state index contributed by atoms with van der Waals surface area (Å²) in [6, 6.07) is 0. The van der Waals surface area contributed by atoms with Gasteiger partial charge in [0, 0.05) is 25.1 Å². The highest BCUT2D eigenvalue weighted by Crippen LogP contribution is 2.09. The number of hydrogen-bond acceptors (Lipinski definition) is 4. The van der Waals surface area contributed by atoms with Gasteiger partial charge in [-0.1, -0.05) is 19.8 Å². The van der Waals surface area contributed by atoms with E-state index in [1.807, 2.05) is 6.92 Å². The van der Waals surface area contributed by atoms with Crippen molar-refractivity contribution in [3.8, 4) is 0 Å². The summed E-state index contributed by atoms with van der Waals surface area (Å²) in [7, 11) is 0. The Morgan fingerprint density at radius 2 is 1.85 bits per heavy atom. The highest BCUT2D eigenvalue weighted by atomic mass is 16.5. The van der Waals surface area contributed by atoms with Crippen LogP contribution in [0.3, 0.4) is 0 Å². The Morgan fingerprint density at radius 3 is 2.45 bits per heavy atom. The van der Waals surface area contributed by atoms with Crippen molar-refractivity contribution in [3.05, 3.63) is 12.2 Å². The first-order chi connectivity index (χ1) is 9.54. The third-order valence-electron chi connectivity index (χ3n) is 3.21. The van der Waals surface area contributed by atoms with E-state index in [-0.39, 0.29) is 36.9 Å². The van der Waals surface area contributed by atoms with Gasteiger partial charge in [-0.3, -0.25) is 19.3 Å². The molecule has 1 aliphatic heterocycles. The number of carbonyl (C=O) groups excluding carboxylic acids is 3. The maximum atomic E-state index is 11.6. The zero-order chi connectivity index (χ0) is 15.0. The Hall–Kier alpha value is -1.65. The van der Waals surface area contributed by atoms with Gasteiger partial charge in [-0.05, 0) is 26.2 Å². The van der Waals surface area contributed by atoms with E-state index < -0.39 is 0 Å². The number of rotatable bonds is 9. The summed E-state index contributed by atoms with van der Waals surface area (Å²) in [5.41, 5.74) is 0. The van der Waals surface area contributed by atoms with Crippen LogP contribution in [0, 0.1) is 0 Å². The first kappa shape index (κ1) is 16.4. The summed E-state index contributed by atoms with van der Waals surface area (Å²) >= 11 is 0. The number of esters is 1. The number of nitrogens with zero attached hydrogens (tertiary/aromatic N) is 1. The molecule has 0 fully saturated rings. The van der Waals surface area contributed by atoms with E-state index in [0.717, 1.165) is 30.6 Å². The lowest BCUT2D eigenvalue weighted by Gasteiger charge is -2.15. The molecule has 1 heterocycles. The van der Waals surface area contributed by atoms with Crippen LogP contribution in [0.4, 0.5) is 0 Å². The summed E-state index contributed by atoms with van der Waals surface area (Å²) in [4.78, 5) is 35.3. The van der Waals surface area contributed by atoms with Crippen LogP contribution in [0.5, 0.6) is 0 Å². The Kier molecular flexibility index (Phi) is 6.98. The molecule has 112 valence electrons. The molecule has 0 N–H and O–H groups in total. The van der Waals surface area contributed by atoms with Crippen molar-refractivity contribution in [3.63, 3.8) is 0 Å². The predicted octanol–water partition coefficient (Wildman–Crippen LogP) is 2.20. The number of hydrogen-bond donors (Lipinski definition) is 0. The molecule has 1 atom stereocenters. The zero-order valence-corrected chi connectivity index (χ0v) is 12.3. The number of amides is 2. The molecular weight excluding hydrogens is 258 g/mol. The normalized spacial score (nSPS) is 15.8. The number of ether oxygens (including phenoxy) is 1. The second kappa shape index (κ2) is 8.51. The fourth-order valence-corrected chi connectivity index (χ4v) is 2.06. The standard InChI is InChI=1S/C15H23NO4/c1-3-4-5-7-12(2)20-15(19)8-6-11-16-13(17)9-10-14(16)18/h9-10,12H,3-8,11H2,1-2H3. The monoisotopic (exact) mass is 281 g/mol. The van der Waals surface area contributed by atoms with Crippen molar-refractivity contribution in [1.29, 1.82) is 0 Å². The molecular formula is C15H23NO4. The molecule has 0 saturated carbocycles. The van der Waals surface area contributed by atoms with Gasteiger partial charge in [0.05, 0.1) is 6.10 Å². The van der Waals surface area contributed by atoms with Crippen molar-refractivity contribution in [2.45, 2.75) is 58.5 Å². The minimum Gasteiger partial charge on any atom is -0.463 e. The second-order valence-electron chi connectivity index (χ2n) is 5.06. The largest absolute Gasteiger partial charge is 0.463 e. The molecule has 1 unspecified atom stereocenters. The van der Waals surface area contributed by atoms with Gasteiger partial charge in [0.1, 0.15) is 0 Å². The van der Waals surface area contributed by atoms with Crippen molar-refractivity contribution in [2.75, 3.05) is 6.54 Å². The lowest BCUT2D eigenvalue weighted by molar-refractivity contribution is -0.149. The topological polar surface area (TPSA) is 63.7 Å². The van der Waals surface area contributed by atoms with Crippen LogP contribution < -0.4 is 0 Å². The van der Waals surface area contributed by atoms with Gasteiger partial charge in [0.15, 0.2) is 0 Å². The Labute approximate surface area is 120 Å². The molecule has 5 heteroatoms. The predicted molar refractivity (Wildman–Crippen MR) is 74.8 cm³/mol. The Bertz CT molecular complexity index is 371. The summed E-state index contributed by atoms with van der Waals surface area (Å²) < 4.78 is 5.27. The Balaban J connectivity index is 2.14. The van der Waals surface area contributed by atoms with Gasteiger partial charge >= 0.3 is 5.97 Å². The average Bonchev–Trinajstić information content (AvgIpc) is 2.70. The maximum Gasteiger partial charge on any atom is 0.306 e. The molecule has 2 amide bonds. The average molecular weight is 281 g/mol. The molecule has 0 bridgehead atoms. The van der Waals surface area contributed by atoms with E-state index in [1.165, 1.54) is 12.2 Å². The van der Waals surface area contributed by atoms with Crippen molar-refractivity contribution >= 4 is 17.8 Å². The first-order valence-corrected chi connectivity index (χ1v) is 7.27. The third kappa shape index (κ3) is 5.55. The molecule has 0 spiro atoms. The van der Waals surface area contributed by atoms with Crippen LogP contribution in [0.25, 0.3) is 0 Å². The van der Waals surface area contributed by atoms with E-state index in [9.17, 15) is 14.4 Å². The van der Waals surface area contributed by atoms with Gasteiger partial charge in [-0.25, -0.2) is 0 Å². The molecule has 1 aliphatic rings. The quantitative estimate of drug-likeness (QED) is 0.369. The van der Waals surface area contributed by atoms with E-state index in [2.05, 4.69) is 6.92 Å². The van der Waals surface area contributed by atoms with Crippen LogP contribution >= 0.6 is 0 Å². The molecule has 5 nitrogen and oxygen atoms in total. The fourth-order valence-electron chi connectivity index (χ4n) is 2.06. The van der Waals surface area contributed by atoms with Crippen molar-refractivity contribution < 1.29 is 19.1 Å². The molecule has 0 radical (unpaired) electrons. The highest BCUT2D eigenvalue weighted by Gasteiger charge is 2.22. The SMILES string of the molecule is CCCCCC(C)OC(=O)CCCN1C(=O)C=CC1=O. The minimum absolute atomic E-state index is 0.0641. The van der Waals surface area contributed by atoms with E-state index >= 15 is 0 Å². The second-order valence-corrected chi connectivity index (χ2v) is 5.06. The highest BCUT2D eigenvalue weighted by molar-refractivity contribution is 6.12. The van der Waals surface area contributed by atoms with Gasteiger partial charge < -0.3 is 4.74 Å². The summed E-state index contributed by atoms with van der Waals surface area (Å²) in [6.45, 7) is 4.29. The van der Waals surface area contributed by atoms with Gasteiger partial charge in [0.25, 0.3) is 11.8 Å². The van der Waals surface area contributed by atoms with E-state index in [4.69, 9.17) is 4.74 Å². The van der Waals surface area contributed by atoms with E-state index in [1.54, 1.807) is 0 Å². The third-order valence-corrected chi connectivity index (χ3v) is 3.21. The molecule has 1 rings (SSSR count). The molecule has 0 aliphatic carbocycles. The lowest BCUT2D eigenvalue weighted by Crippen LogP contribution is -2.31. The molecule has 20 heavy (non-hydrogen) atoms. The number of imide groups is 1. The number of unbranched alkanes of at least 4 members (excludes halogenated alkanes) is 2. The van der Waals surface area contributed by atoms with E-state index in [0.29, 0.717) is 6.42 Å². The van der Waals surface area contributed by atoms with Gasteiger partial charge in [0.2, 0.25) is 0 Å². The molecule has 0 saturated heterocycles. The zero-order valence-electron chi connectivity index (χ0n) is 12.3. The van der Waals surface area contributed by atoms with Gasteiger partial charge in [-0.15, -0.1) is 0 Å². The Morgan fingerprint density at radius 1 is 1.20 bits per heavy atom. The maximum absolute atomic E-state index is 11.6. The van der Waals surface area contributed by atoms with Crippen molar-refractivity contribution in [1.82, 2.24) is 4.90 Å². The van der Waals surface area contributed by atoms with Gasteiger partial charge in [-0.2, -0.15) is 0 Å². The van der Waals surface area contributed by atoms with Crippen LogP contribution in [0.2, 0.25) is 0 Å². The first-order valence-electron chi connectivity index (χ1n) is 7.27. The van der Waals surface area contributed by atoms with Crippen LogP contribution in [-0.4, -0.2) is 35.3 Å². The smallest absolute Gasteiger partial charge is 0.306 e. The van der Waals surface area contributed by atoms with Crippen LogP contribution in [0.1, 0.15) is 52.4 Å². The minimum atomic E-state index is -0.309. The lowest BCUT2D eigenvalue weighted by atomic mass is 10.1. The van der Waals surface area contributed by atoms with Crippen molar-refractivity contribution in [2.24, 2.45) is 0 Å². The summed E-state index contributed by atoms with van der Waals surface area (Å²) in [6.07, 6.45) is 7.34. The summed E-state index contributed by atoms with van der Waals surface area (Å²) in [5, 5.41) is 0. The fraction of sp³-hybridized carbons (Fsp3) is 0.667. The molecule has 0 aromatic rings. The molecule has 0 aromatic heterocycles. The molecule has 0 aromatic carbocycles.